The lowest BCUT2D eigenvalue weighted by atomic mass is 10.0. The fraction of sp³-hybridized carbons (Fsp3) is 0.316. The van der Waals surface area contributed by atoms with E-state index in [1.54, 1.807) is 14.2 Å². The molecule has 2 rings (SSSR count). The van der Waals surface area contributed by atoms with Crippen molar-refractivity contribution in [2.75, 3.05) is 19.5 Å². The van der Waals surface area contributed by atoms with Gasteiger partial charge in [0.15, 0.2) is 16.6 Å². The van der Waals surface area contributed by atoms with Crippen LogP contribution in [0.4, 0.5) is 5.69 Å². The van der Waals surface area contributed by atoms with Crippen molar-refractivity contribution in [1.82, 2.24) is 5.32 Å². The van der Waals surface area contributed by atoms with E-state index in [-0.39, 0.29) is 6.04 Å². The summed E-state index contributed by atoms with van der Waals surface area (Å²) in [6.07, 6.45) is 0. The summed E-state index contributed by atoms with van der Waals surface area (Å²) in [5.74, 6) is 1.35. The molecule has 0 aliphatic heterocycles. The molecule has 0 aliphatic rings. The van der Waals surface area contributed by atoms with Crippen molar-refractivity contribution in [2.45, 2.75) is 26.8 Å². The molecule has 0 aromatic heterocycles. The highest BCUT2D eigenvalue weighted by atomic mass is 32.1. The van der Waals surface area contributed by atoms with E-state index in [9.17, 15) is 0 Å². The number of benzene rings is 2. The Kier molecular flexibility index (Phi) is 6.04. The Morgan fingerprint density at radius 2 is 1.67 bits per heavy atom. The molecule has 2 N–H and O–H groups in total. The van der Waals surface area contributed by atoms with E-state index >= 15 is 0 Å². The van der Waals surface area contributed by atoms with Gasteiger partial charge in [-0.05, 0) is 61.8 Å². The highest BCUT2D eigenvalue weighted by Crippen LogP contribution is 2.29. The van der Waals surface area contributed by atoms with Crippen LogP contribution in [-0.2, 0) is 0 Å². The third kappa shape index (κ3) is 4.38. The molecule has 0 saturated heterocycles. The summed E-state index contributed by atoms with van der Waals surface area (Å²) in [5.41, 5.74) is 4.61. The van der Waals surface area contributed by atoms with Gasteiger partial charge in [-0.2, -0.15) is 0 Å². The van der Waals surface area contributed by atoms with Crippen molar-refractivity contribution in [2.24, 2.45) is 0 Å². The van der Waals surface area contributed by atoms with Gasteiger partial charge in [-0.25, -0.2) is 0 Å². The van der Waals surface area contributed by atoms with Gasteiger partial charge in [0.1, 0.15) is 0 Å². The molecule has 5 heteroatoms. The van der Waals surface area contributed by atoms with Gasteiger partial charge in [0.05, 0.1) is 20.3 Å². The minimum absolute atomic E-state index is 0.115. The molecule has 0 aliphatic carbocycles. The van der Waals surface area contributed by atoms with E-state index in [4.69, 9.17) is 21.7 Å². The van der Waals surface area contributed by atoms with Crippen LogP contribution in [0.5, 0.6) is 11.5 Å². The summed E-state index contributed by atoms with van der Waals surface area (Å²) in [6.45, 7) is 6.32. The van der Waals surface area contributed by atoms with Crippen LogP contribution in [0, 0.1) is 13.8 Å². The number of aryl methyl sites for hydroxylation is 2. The van der Waals surface area contributed by atoms with Crippen LogP contribution in [0.2, 0.25) is 0 Å². The minimum Gasteiger partial charge on any atom is -0.493 e. The Hall–Kier alpha value is -2.27. The molecule has 0 bridgehead atoms. The minimum atomic E-state index is 0.115. The van der Waals surface area contributed by atoms with Crippen molar-refractivity contribution >= 4 is 23.0 Å². The zero-order valence-corrected chi connectivity index (χ0v) is 15.6. The van der Waals surface area contributed by atoms with Crippen LogP contribution < -0.4 is 20.1 Å². The number of methoxy groups -OCH3 is 2. The van der Waals surface area contributed by atoms with Gasteiger partial charge in [-0.1, -0.05) is 18.2 Å². The largest absolute Gasteiger partial charge is 0.493 e. The molecule has 0 unspecified atom stereocenters. The van der Waals surface area contributed by atoms with Crippen molar-refractivity contribution in [1.29, 1.82) is 0 Å². The molecule has 24 heavy (non-hydrogen) atoms. The first-order valence-corrected chi connectivity index (χ1v) is 8.22. The lowest BCUT2D eigenvalue weighted by Gasteiger charge is -2.19. The molecule has 0 spiro atoms. The molecule has 2 aromatic rings. The van der Waals surface area contributed by atoms with Crippen LogP contribution in [0.1, 0.15) is 29.7 Å². The highest BCUT2D eigenvalue weighted by Gasteiger charge is 2.10. The molecule has 0 heterocycles. The maximum absolute atomic E-state index is 5.42. The second-order valence-corrected chi connectivity index (χ2v) is 6.14. The van der Waals surface area contributed by atoms with Gasteiger partial charge < -0.3 is 20.1 Å². The molecule has 0 amide bonds. The van der Waals surface area contributed by atoms with E-state index in [1.165, 1.54) is 16.7 Å². The Morgan fingerprint density at radius 3 is 2.29 bits per heavy atom. The van der Waals surface area contributed by atoms with Crippen molar-refractivity contribution in [3.8, 4) is 11.5 Å². The first-order chi connectivity index (χ1) is 11.4. The van der Waals surface area contributed by atoms with Crippen molar-refractivity contribution in [3.05, 3.63) is 53.1 Å². The molecular weight excluding hydrogens is 320 g/mol. The first kappa shape index (κ1) is 18.1. The summed E-state index contributed by atoms with van der Waals surface area (Å²) < 4.78 is 10.5. The third-order valence-electron chi connectivity index (χ3n) is 4.02. The van der Waals surface area contributed by atoms with Gasteiger partial charge in [0.2, 0.25) is 0 Å². The smallest absolute Gasteiger partial charge is 0.171 e. The van der Waals surface area contributed by atoms with Gasteiger partial charge in [-0.3, -0.25) is 0 Å². The molecule has 0 saturated carbocycles. The molecule has 0 radical (unpaired) electrons. The second kappa shape index (κ2) is 8.02. The summed E-state index contributed by atoms with van der Waals surface area (Å²) in [5, 5.41) is 7.05. The standard InChI is InChI=1S/C19H24N2O2S/c1-12-6-7-15(10-13(12)2)14(3)20-19(24)21-16-8-9-17(22-4)18(11-16)23-5/h6-11,14H,1-5H3,(H2,20,21,24)/t14-/m0/s1. The fourth-order valence-corrected chi connectivity index (χ4v) is 2.69. The summed E-state index contributed by atoms with van der Waals surface area (Å²) in [4.78, 5) is 0. The van der Waals surface area contributed by atoms with Crippen molar-refractivity contribution < 1.29 is 9.47 Å². The number of thiocarbonyl (C=S) groups is 1. The van der Waals surface area contributed by atoms with Crippen LogP contribution in [0.15, 0.2) is 36.4 Å². The van der Waals surface area contributed by atoms with Crippen LogP contribution in [0.25, 0.3) is 0 Å². The highest BCUT2D eigenvalue weighted by molar-refractivity contribution is 7.80. The van der Waals surface area contributed by atoms with Crippen LogP contribution >= 0.6 is 12.2 Å². The summed E-state index contributed by atoms with van der Waals surface area (Å²) >= 11 is 5.42. The monoisotopic (exact) mass is 344 g/mol. The van der Waals surface area contributed by atoms with E-state index in [2.05, 4.69) is 49.6 Å². The predicted molar refractivity (Wildman–Crippen MR) is 103 cm³/mol. The molecule has 128 valence electrons. The molecule has 0 fully saturated rings. The molecular formula is C19H24N2O2S. The van der Waals surface area contributed by atoms with E-state index in [0.717, 1.165) is 5.69 Å². The van der Waals surface area contributed by atoms with Crippen LogP contribution in [-0.4, -0.2) is 19.3 Å². The van der Waals surface area contributed by atoms with E-state index < -0.39 is 0 Å². The zero-order chi connectivity index (χ0) is 17.7. The number of nitrogens with one attached hydrogen (secondary N) is 2. The summed E-state index contributed by atoms with van der Waals surface area (Å²) in [6, 6.07) is 12.2. The second-order valence-electron chi connectivity index (χ2n) is 5.73. The first-order valence-electron chi connectivity index (χ1n) is 7.81. The molecule has 2 aromatic carbocycles. The topological polar surface area (TPSA) is 42.5 Å². The number of anilines is 1. The number of hydrogen-bond donors (Lipinski definition) is 2. The quantitative estimate of drug-likeness (QED) is 0.789. The lowest BCUT2D eigenvalue weighted by molar-refractivity contribution is 0.355. The summed E-state index contributed by atoms with van der Waals surface area (Å²) in [7, 11) is 3.22. The normalized spacial score (nSPS) is 11.5. The Balaban J connectivity index is 2.03. The van der Waals surface area contributed by atoms with E-state index in [1.807, 2.05) is 18.2 Å². The average Bonchev–Trinajstić information content (AvgIpc) is 2.56. The Morgan fingerprint density at radius 1 is 0.958 bits per heavy atom. The number of rotatable bonds is 5. The maximum atomic E-state index is 5.42. The lowest BCUT2D eigenvalue weighted by Crippen LogP contribution is -2.30. The SMILES string of the molecule is COc1ccc(NC(=S)N[C@@H](C)c2ccc(C)c(C)c2)cc1OC. The fourth-order valence-electron chi connectivity index (χ4n) is 2.40. The average molecular weight is 344 g/mol. The number of ether oxygens (including phenoxy) is 2. The Labute approximate surface area is 149 Å². The van der Waals surface area contributed by atoms with Gasteiger partial charge in [0.25, 0.3) is 0 Å². The molecule has 4 nitrogen and oxygen atoms in total. The van der Waals surface area contributed by atoms with Gasteiger partial charge in [-0.15, -0.1) is 0 Å². The molecule has 1 atom stereocenters. The van der Waals surface area contributed by atoms with Crippen LogP contribution in [0.3, 0.4) is 0 Å². The predicted octanol–water partition coefficient (Wildman–Crippen LogP) is 4.37. The third-order valence-corrected chi connectivity index (χ3v) is 4.24. The van der Waals surface area contributed by atoms with Gasteiger partial charge in [0, 0.05) is 11.8 Å². The van der Waals surface area contributed by atoms with Gasteiger partial charge >= 0.3 is 0 Å². The zero-order valence-electron chi connectivity index (χ0n) is 14.8. The Bertz CT molecular complexity index is 731. The van der Waals surface area contributed by atoms with E-state index in [0.29, 0.717) is 16.6 Å². The maximum Gasteiger partial charge on any atom is 0.171 e. The number of hydrogen-bond acceptors (Lipinski definition) is 3. The van der Waals surface area contributed by atoms with Crippen molar-refractivity contribution in [3.63, 3.8) is 0 Å².